The summed E-state index contributed by atoms with van der Waals surface area (Å²) in [5.41, 5.74) is 0. The molecule has 4 atom stereocenters. The van der Waals surface area contributed by atoms with Gasteiger partial charge < -0.3 is 4.74 Å². The van der Waals surface area contributed by atoms with Gasteiger partial charge in [-0.15, -0.1) is 0 Å². The predicted molar refractivity (Wildman–Crippen MR) is 59.3 cm³/mol. The van der Waals surface area contributed by atoms with Crippen LogP contribution in [0.3, 0.4) is 0 Å². The summed E-state index contributed by atoms with van der Waals surface area (Å²) in [7, 11) is 1.74. The fourth-order valence-electron chi connectivity index (χ4n) is 1.85. The van der Waals surface area contributed by atoms with Crippen molar-refractivity contribution in [1.82, 2.24) is 0 Å². The molecular formula is C12H24O2. The third-order valence-electron chi connectivity index (χ3n) is 3.43. The minimum absolute atomic E-state index is 0.0916. The second kappa shape index (κ2) is 6.18. The molecule has 0 fully saturated rings. The highest BCUT2D eigenvalue weighted by molar-refractivity contribution is 5.78. The van der Waals surface area contributed by atoms with Crippen molar-refractivity contribution in [3.63, 3.8) is 0 Å². The number of rotatable bonds is 6. The Morgan fingerprint density at radius 3 is 2.07 bits per heavy atom. The Labute approximate surface area is 88.0 Å². The Kier molecular flexibility index (Phi) is 6.01. The zero-order valence-corrected chi connectivity index (χ0v) is 10.3. The molecule has 0 aromatic heterocycles. The van der Waals surface area contributed by atoms with Gasteiger partial charge in [0.25, 0.3) is 0 Å². The van der Waals surface area contributed by atoms with E-state index in [-0.39, 0.29) is 17.8 Å². The molecule has 0 aliphatic carbocycles. The quantitative estimate of drug-likeness (QED) is 0.659. The first kappa shape index (κ1) is 13.6. The van der Waals surface area contributed by atoms with Crippen molar-refractivity contribution in [2.24, 2.45) is 17.8 Å². The van der Waals surface area contributed by atoms with E-state index in [1.807, 2.05) is 6.92 Å². The van der Waals surface area contributed by atoms with E-state index in [1.165, 1.54) is 0 Å². The van der Waals surface area contributed by atoms with Gasteiger partial charge in [0.1, 0.15) is 5.78 Å². The molecule has 0 radical (unpaired) electrons. The van der Waals surface area contributed by atoms with Crippen LogP contribution in [-0.2, 0) is 9.53 Å². The molecule has 0 aromatic rings. The highest BCUT2D eigenvalue weighted by atomic mass is 16.5. The Bertz CT molecular complexity index is 177. The Balaban J connectivity index is 4.44. The molecular weight excluding hydrogens is 176 g/mol. The lowest BCUT2D eigenvalue weighted by atomic mass is 9.82. The van der Waals surface area contributed by atoms with Crippen molar-refractivity contribution < 1.29 is 9.53 Å². The second-order valence-corrected chi connectivity index (χ2v) is 4.34. The first-order valence-electron chi connectivity index (χ1n) is 5.48. The molecule has 0 aliphatic rings. The average Bonchev–Trinajstić information content (AvgIpc) is 2.16. The van der Waals surface area contributed by atoms with E-state index in [2.05, 4.69) is 20.8 Å². The molecule has 0 amide bonds. The van der Waals surface area contributed by atoms with E-state index >= 15 is 0 Å². The molecule has 4 unspecified atom stereocenters. The Morgan fingerprint density at radius 1 is 1.29 bits per heavy atom. The third kappa shape index (κ3) is 3.41. The highest BCUT2D eigenvalue weighted by Crippen LogP contribution is 2.25. The van der Waals surface area contributed by atoms with Crippen LogP contribution in [0.5, 0.6) is 0 Å². The van der Waals surface area contributed by atoms with Gasteiger partial charge in [-0.05, 0) is 18.8 Å². The molecule has 0 aliphatic heterocycles. The molecule has 0 rings (SSSR count). The molecule has 0 saturated heterocycles. The largest absolute Gasteiger partial charge is 0.381 e. The molecule has 0 heterocycles. The number of methoxy groups -OCH3 is 1. The number of hydrogen-bond acceptors (Lipinski definition) is 2. The summed E-state index contributed by atoms with van der Waals surface area (Å²) in [5.74, 6) is 1.15. The molecule has 2 heteroatoms. The third-order valence-corrected chi connectivity index (χ3v) is 3.43. The molecule has 0 aromatic carbocycles. The van der Waals surface area contributed by atoms with Gasteiger partial charge in [-0.1, -0.05) is 34.1 Å². The number of ether oxygens (including phenoxy) is 1. The number of carbonyl (C=O) groups excluding carboxylic acids is 1. The molecule has 84 valence electrons. The summed E-state index contributed by atoms with van der Waals surface area (Å²) in [6.45, 7) is 10.1. The van der Waals surface area contributed by atoms with Gasteiger partial charge in [0.2, 0.25) is 0 Å². The van der Waals surface area contributed by atoms with Crippen LogP contribution < -0.4 is 0 Å². The summed E-state index contributed by atoms with van der Waals surface area (Å²) in [6, 6.07) is 0. The zero-order valence-electron chi connectivity index (χ0n) is 10.3. The maximum atomic E-state index is 11.3. The van der Waals surface area contributed by atoms with Crippen molar-refractivity contribution in [3.05, 3.63) is 0 Å². The van der Waals surface area contributed by atoms with E-state index in [0.717, 1.165) is 6.42 Å². The van der Waals surface area contributed by atoms with Crippen LogP contribution in [0.25, 0.3) is 0 Å². The molecule has 2 nitrogen and oxygen atoms in total. The first-order valence-corrected chi connectivity index (χ1v) is 5.48. The van der Waals surface area contributed by atoms with Gasteiger partial charge in [0, 0.05) is 13.0 Å². The van der Waals surface area contributed by atoms with Gasteiger partial charge in [0.05, 0.1) is 6.10 Å². The van der Waals surface area contributed by atoms with Crippen molar-refractivity contribution in [3.8, 4) is 0 Å². The first-order chi connectivity index (χ1) is 6.45. The van der Waals surface area contributed by atoms with Gasteiger partial charge >= 0.3 is 0 Å². The number of hydrogen-bond donors (Lipinski definition) is 0. The molecule has 14 heavy (non-hydrogen) atoms. The monoisotopic (exact) mass is 200 g/mol. The topological polar surface area (TPSA) is 26.3 Å². The molecule has 0 saturated carbocycles. The van der Waals surface area contributed by atoms with Crippen LogP contribution in [0.1, 0.15) is 41.0 Å². The molecule has 0 bridgehead atoms. The standard InChI is InChI=1S/C12H24O2/c1-7-8(2)12(14-6)10(4)9(3)11(5)13/h8-10,12H,7H2,1-6H3. The molecule has 0 spiro atoms. The maximum absolute atomic E-state index is 11.3. The number of Topliss-reactive ketones (excluding diaryl/α,β-unsaturated/α-hetero) is 1. The van der Waals surface area contributed by atoms with Crippen LogP contribution in [-0.4, -0.2) is 19.0 Å². The van der Waals surface area contributed by atoms with E-state index < -0.39 is 0 Å². The lowest BCUT2D eigenvalue weighted by molar-refractivity contribution is -0.124. The lowest BCUT2D eigenvalue weighted by Crippen LogP contribution is -2.34. The predicted octanol–water partition coefficient (Wildman–Crippen LogP) is 2.91. The smallest absolute Gasteiger partial charge is 0.132 e. The SMILES string of the molecule is CCC(C)C(OC)C(C)C(C)C(C)=O. The van der Waals surface area contributed by atoms with Crippen LogP contribution >= 0.6 is 0 Å². The van der Waals surface area contributed by atoms with Gasteiger partial charge in [-0.2, -0.15) is 0 Å². The summed E-state index contributed by atoms with van der Waals surface area (Å²) in [6.07, 6.45) is 1.28. The lowest BCUT2D eigenvalue weighted by Gasteiger charge is -2.30. The molecule has 0 N–H and O–H groups in total. The van der Waals surface area contributed by atoms with E-state index in [0.29, 0.717) is 11.8 Å². The van der Waals surface area contributed by atoms with Crippen molar-refractivity contribution in [2.75, 3.05) is 7.11 Å². The average molecular weight is 200 g/mol. The van der Waals surface area contributed by atoms with Crippen LogP contribution in [0.2, 0.25) is 0 Å². The minimum atomic E-state index is 0.0916. The van der Waals surface area contributed by atoms with Gasteiger partial charge in [-0.25, -0.2) is 0 Å². The van der Waals surface area contributed by atoms with Crippen molar-refractivity contribution in [2.45, 2.75) is 47.1 Å². The fraction of sp³-hybridized carbons (Fsp3) is 0.917. The fourth-order valence-corrected chi connectivity index (χ4v) is 1.85. The van der Waals surface area contributed by atoms with Crippen molar-refractivity contribution >= 4 is 5.78 Å². The summed E-state index contributed by atoms with van der Waals surface area (Å²) < 4.78 is 5.48. The Morgan fingerprint density at radius 2 is 1.79 bits per heavy atom. The van der Waals surface area contributed by atoms with Crippen molar-refractivity contribution in [1.29, 1.82) is 0 Å². The normalized spacial score (nSPS) is 19.9. The van der Waals surface area contributed by atoms with Crippen LogP contribution in [0.4, 0.5) is 0 Å². The summed E-state index contributed by atoms with van der Waals surface area (Å²) in [4.78, 5) is 11.3. The van der Waals surface area contributed by atoms with Crippen LogP contribution in [0.15, 0.2) is 0 Å². The van der Waals surface area contributed by atoms with Gasteiger partial charge in [0.15, 0.2) is 0 Å². The van der Waals surface area contributed by atoms with E-state index in [1.54, 1.807) is 14.0 Å². The van der Waals surface area contributed by atoms with Gasteiger partial charge in [-0.3, -0.25) is 4.79 Å². The minimum Gasteiger partial charge on any atom is -0.381 e. The number of carbonyl (C=O) groups is 1. The summed E-state index contributed by atoms with van der Waals surface area (Å²) in [5, 5.41) is 0. The summed E-state index contributed by atoms with van der Waals surface area (Å²) >= 11 is 0. The number of ketones is 1. The maximum Gasteiger partial charge on any atom is 0.132 e. The van der Waals surface area contributed by atoms with E-state index in [9.17, 15) is 4.79 Å². The Hall–Kier alpha value is -0.370. The zero-order chi connectivity index (χ0) is 11.3. The van der Waals surface area contributed by atoms with Crippen LogP contribution in [0, 0.1) is 17.8 Å². The highest BCUT2D eigenvalue weighted by Gasteiger charge is 2.28. The second-order valence-electron chi connectivity index (χ2n) is 4.34. The van der Waals surface area contributed by atoms with E-state index in [4.69, 9.17) is 4.74 Å².